The van der Waals surface area contributed by atoms with Crippen LogP contribution >= 0.6 is 0 Å². The third-order valence-electron chi connectivity index (χ3n) is 4.52. The van der Waals surface area contributed by atoms with Crippen LogP contribution in [-0.4, -0.2) is 45.4 Å². The summed E-state index contributed by atoms with van der Waals surface area (Å²) >= 11 is 0. The van der Waals surface area contributed by atoms with Crippen molar-refractivity contribution in [1.82, 2.24) is 9.62 Å². The van der Waals surface area contributed by atoms with Crippen LogP contribution in [-0.2, 0) is 10.0 Å². The molecule has 0 atom stereocenters. The molecule has 1 saturated heterocycles. The van der Waals surface area contributed by atoms with Crippen LogP contribution in [0.25, 0.3) is 0 Å². The second-order valence-electron chi connectivity index (χ2n) is 6.52. The van der Waals surface area contributed by atoms with Gasteiger partial charge in [-0.15, -0.1) is 0 Å². The Kier molecular flexibility index (Phi) is 6.77. The fourth-order valence-electron chi connectivity index (χ4n) is 2.83. The molecule has 1 aliphatic heterocycles. The minimum absolute atomic E-state index is 0.150. The Labute approximate surface area is 144 Å². The Morgan fingerprint density at radius 2 is 1.83 bits per heavy atom. The van der Waals surface area contributed by atoms with Crippen LogP contribution in [0.4, 0.5) is 0 Å². The molecule has 134 valence electrons. The number of amides is 1. The van der Waals surface area contributed by atoms with Crippen molar-refractivity contribution in [2.24, 2.45) is 11.7 Å². The SMILES string of the molecule is CC1CCN(CCCCNS(=O)(=O)c2ccc(C(N)=O)cc2)CC1. The lowest BCUT2D eigenvalue weighted by Crippen LogP contribution is -2.34. The molecule has 2 rings (SSSR count). The fraction of sp³-hybridized carbons (Fsp3) is 0.588. The Morgan fingerprint density at radius 1 is 1.21 bits per heavy atom. The molecule has 0 spiro atoms. The molecular weight excluding hydrogens is 326 g/mol. The normalized spacial score (nSPS) is 17.0. The van der Waals surface area contributed by atoms with Crippen molar-refractivity contribution in [2.75, 3.05) is 26.2 Å². The van der Waals surface area contributed by atoms with E-state index in [0.717, 1.165) is 38.4 Å². The number of unbranched alkanes of at least 4 members (excludes halogenated alkanes) is 1. The highest BCUT2D eigenvalue weighted by atomic mass is 32.2. The maximum absolute atomic E-state index is 12.2. The molecule has 0 saturated carbocycles. The zero-order valence-electron chi connectivity index (χ0n) is 14.2. The van der Waals surface area contributed by atoms with E-state index in [0.29, 0.717) is 12.1 Å². The average molecular weight is 353 g/mol. The third-order valence-corrected chi connectivity index (χ3v) is 6.00. The summed E-state index contributed by atoms with van der Waals surface area (Å²) in [6.07, 6.45) is 4.31. The van der Waals surface area contributed by atoms with Crippen molar-refractivity contribution >= 4 is 15.9 Å². The van der Waals surface area contributed by atoms with Gasteiger partial charge in [-0.2, -0.15) is 0 Å². The van der Waals surface area contributed by atoms with Crippen LogP contribution in [0.2, 0.25) is 0 Å². The third kappa shape index (κ3) is 5.58. The zero-order chi connectivity index (χ0) is 17.6. The van der Waals surface area contributed by atoms with Crippen LogP contribution in [0.5, 0.6) is 0 Å². The molecule has 1 aromatic carbocycles. The van der Waals surface area contributed by atoms with Crippen molar-refractivity contribution in [3.05, 3.63) is 29.8 Å². The summed E-state index contributed by atoms with van der Waals surface area (Å²) in [5.41, 5.74) is 5.44. The molecule has 3 N–H and O–H groups in total. The number of nitrogens with one attached hydrogen (secondary N) is 1. The monoisotopic (exact) mass is 353 g/mol. The number of benzene rings is 1. The molecule has 1 aromatic rings. The summed E-state index contributed by atoms with van der Waals surface area (Å²) in [5, 5.41) is 0. The van der Waals surface area contributed by atoms with Gasteiger partial charge in [0.1, 0.15) is 0 Å². The van der Waals surface area contributed by atoms with Crippen molar-refractivity contribution in [1.29, 1.82) is 0 Å². The quantitative estimate of drug-likeness (QED) is 0.694. The highest BCUT2D eigenvalue weighted by molar-refractivity contribution is 7.89. The molecule has 7 heteroatoms. The maximum atomic E-state index is 12.2. The highest BCUT2D eigenvalue weighted by Crippen LogP contribution is 2.16. The number of sulfonamides is 1. The van der Waals surface area contributed by atoms with E-state index in [1.165, 1.54) is 37.1 Å². The predicted molar refractivity (Wildman–Crippen MR) is 94.2 cm³/mol. The fourth-order valence-corrected chi connectivity index (χ4v) is 3.91. The summed E-state index contributed by atoms with van der Waals surface area (Å²) in [7, 11) is -3.53. The number of piperidine rings is 1. The topological polar surface area (TPSA) is 92.5 Å². The van der Waals surface area contributed by atoms with E-state index >= 15 is 0 Å². The Hall–Kier alpha value is -1.44. The van der Waals surface area contributed by atoms with E-state index in [1.807, 2.05) is 0 Å². The van der Waals surface area contributed by atoms with E-state index in [1.54, 1.807) is 0 Å². The van der Waals surface area contributed by atoms with Crippen LogP contribution in [0.1, 0.15) is 43.0 Å². The van der Waals surface area contributed by atoms with E-state index in [4.69, 9.17) is 5.73 Å². The summed E-state index contributed by atoms with van der Waals surface area (Å²) in [5.74, 6) is 0.257. The summed E-state index contributed by atoms with van der Waals surface area (Å²) < 4.78 is 27.0. The van der Waals surface area contributed by atoms with Gasteiger partial charge in [-0.1, -0.05) is 6.92 Å². The number of hydrogen-bond donors (Lipinski definition) is 2. The van der Waals surface area contributed by atoms with Crippen molar-refractivity contribution in [2.45, 2.75) is 37.5 Å². The molecule has 24 heavy (non-hydrogen) atoms. The minimum Gasteiger partial charge on any atom is -0.366 e. The van der Waals surface area contributed by atoms with Crippen LogP contribution < -0.4 is 10.5 Å². The van der Waals surface area contributed by atoms with Crippen molar-refractivity contribution < 1.29 is 13.2 Å². The smallest absolute Gasteiger partial charge is 0.248 e. The number of hydrogen-bond acceptors (Lipinski definition) is 4. The van der Waals surface area contributed by atoms with Gasteiger partial charge >= 0.3 is 0 Å². The van der Waals surface area contributed by atoms with Crippen LogP contribution in [0.3, 0.4) is 0 Å². The molecule has 1 heterocycles. The molecule has 0 aliphatic carbocycles. The second-order valence-corrected chi connectivity index (χ2v) is 8.28. The van der Waals surface area contributed by atoms with Crippen molar-refractivity contribution in [3.63, 3.8) is 0 Å². The largest absolute Gasteiger partial charge is 0.366 e. The highest BCUT2D eigenvalue weighted by Gasteiger charge is 2.16. The zero-order valence-corrected chi connectivity index (χ0v) is 15.0. The van der Waals surface area contributed by atoms with Gasteiger partial charge in [0.25, 0.3) is 0 Å². The van der Waals surface area contributed by atoms with Gasteiger partial charge in [0.2, 0.25) is 15.9 Å². The van der Waals surface area contributed by atoms with Gasteiger partial charge in [0, 0.05) is 12.1 Å². The van der Waals surface area contributed by atoms with E-state index < -0.39 is 15.9 Å². The van der Waals surface area contributed by atoms with Crippen molar-refractivity contribution in [3.8, 4) is 0 Å². The summed E-state index contributed by atoms with van der Waals surface area (Å²) in [6, 6.07) is 5.65. The lowest BCUT2D eigenvalue weighted by Gasteiger charge is -2.30. The summed E-state index contributed by atoms with van der Waals surface area (Å²) in [6.45, 7) is 6.05. The van der Waals surface area contributed by atoms with Crippen LogP contribution in [0.15, 0.2) is 29.2 Å². The van der Waals surface area contributed by atoms with Gasteiger partial charge in [-0.3, -0.25) is 4.79 Å². The Bertz CT molecular complexity index is 636. The maximum Gasteiger partial charge on any atom is 0.248 e. The molecule has 0 unspecified atom stereocenters. The first-order valence-electron chi connectivity index (χ1n) is 8.50. The minimum atomic E-state index is -3.53. The lowest BCUT2D eigenvalue weighted by molar-refractivity contribution is 0.1000. The second kappa shape index (κ2) is 8.60. The van der Waals surface area contributed by atoms with E-state index in [-0.39, 0.29) is 4.90 Å². The molecule has 1 fully saturated rings. The molecule has 1 amide bonds. The molecule has 0 aromatic heterocycles. The Morgan fingerprint density at radius 3 is 2.42 bits per heavy atom. The van der Waals surface area contributed by atoms with Gasteiger partial charge in [0.05, 0.1) is 4.90 Å². The first kappa shape index (κ1) is 18.9. The Balaban J connectivity index is 1.71. The number of primary amides is 1. The first-order chi connectivity index (χ1) is 11.4. The number of nitrogens with zero attached hydrogens (tertiary/aromatic N) is 1. The first-order valence-corrected chi connectivity index (χ1v) is 9.98. The van der Waals surface area contributed by atoms with E-state index in [2.05, 4.69) is 16.5 Å². The molecule has 0 bridgehead atoms. The average Bonchev–Trinajstić information content (AvgIpc) is 2.56. The van der Waals surface area contributed by atoms with Gasteiger partial charge in [-0.05, 0) is 75.5 Å². The number of carbonyl (C=O) groups excluding carboxylic acids is 1. The van der Waals surface area contributed by atoms with E-state index in [9.17, 15) is 13.2 Å². The van der Waals surface area contributed by atoms with Gasteiger partial charge < -0.3 is 10.6 Å². The molecule has 0 radical (unpaired) electrons. The number of likely N-dealkylation sites (tertiary alicyclic amines) is 1. The summed E-state index contributed by atoms with van der Waals surface area (Å²) in [4.78, 5) is 13.6. The number of carbonyl (C=O) groups is 1. The number of nitrogens with two attached hydrogens (primary N) is 1. The standard InChI is InChI=1S/C17H27N3O3S/c1-14-8-12-20(13-9-14)11-3-2-10-19-24(22,23)16-6-4-15(5-7-16)17(18)21/h4-7,14,19H,2-3,8-13H2,1H3,(H2,18,21). The lowest BCUT2D eigenvalue weighted by atomic mass is 9.99. The number of rotatable bonds is 8. The molecular formula is C17H27N3O3S. The van der Waals surface area contributed by atoms with Gasteiger partial charge in [-0.25, -0.2) is 13.1 Å². The molecule has 6 nitrogen and oxygen atoms in total. The molecule has 1 aliphatic rings. The van der Waals surface area contributed by atoms with Gasteiger partial charge in [0.15, 0.2) is 0 Å². The predicted octanol–water partition coefficient (Wildman–Crippen LogP) is 1.58. The van der Waals surface area contributed by atoms with Crippen LogP contribution in [0, 0.1) is 5.92 Å².